The topological polar surface area (TPSA) is 79.8 Å². The van der Waals surface area contributed by atoms with Gasteiger partial charge >= 0.3 is 0 Å². The molecule has 0 aliphatic rings. The lowest BCUT2D eigenvalue weighted by Crippen LogP contribution is -2.46. The number of carbonyl (C=O) groups is 2. The van der Waals surface area contributed by atoms with Gasteiger partial charge in [0.1, 0.15) is 18.4 Å². The first kappa shape index (κ1) is 26.3. The molecule has 182 valence electrons. The van der Waals surface area contributed by atoms with Gasteiger partial charge in [-0.3, -0.25) is 9.59 Å². The van der Waals surface area contributed by atoms with Crippen molar-refractivity contribution in [3.05, 3.63) is 99.5 Å². The first-order valence-electron chi connectivity index (χ1n) is 11.2. The molecule has 0 bridgehead atoms. The quantitative estimate of drug-likeness (QED) is 0.264. The van der Waals surface area contributed by atoms with Crippen molar-refractivity contribution >= 4 is 41.2 Å². The summed E-state index contributed by atoms with van der Waals surface area (Å²) in [5, 5.41) is 8.04. The molecule has 0 aliphatic heterocycles. The second-order valence-corrected chi connectivity index (χ2v) is 9.25. The van der Waals surface area contributed by atoms with Gasteiger partial charge < -0.3 is 10.1 Å². The number of benzene rings is 3. The van der Waals surface area contributed by atoms with Crippen LogP contribution < -0.4 is 15.5 Å². The fourth-order valence-electron chi connectivity index (χ4n) is 3.19. The monoisotopic (exact) mass is 511 g/mol. The van der Waals surface area contributed by atoms with E-state index in [9.17, 15) is 9.59 Å². The average molecular weight is 512 g/mol. The first-order valence-corrected chi connectivity index (χ1v) is 11.9. The summed E-state index contributed by atoms with van der Waals surface area (Å²) in [5.41, 5.74) is 4.75. The van der Waals surface area contributed by atoms with Gasteiger partial charge in [0.25, 0.3) is 11.8 Å². The van der Waals surface area contributed by atoms with Gasteiger partial charge in [0.2, 0.25) is 0 Å². The van der Waals surface area contributed by atoms with Gasteiger partial charge in [0.15, 0.2) is 0 Å². The Bertz CT molecular complexity index is 1150. The average Bonchev–Trinajstić information content (AvgIpc) is 2.84. The minimum atomic E-state index is -0.723. The Balaban J connectivity index is 1.53. The van der Waals surface area contributed by atoms with Crippen LogP contribution in [0.3, 0.4) is 0 Å². The Morgan fingerprint density at radius 3 is 2.11 bits per heavy atom. The molecule has 2 amide bonds. The van der Waals surface area contributed by atoms with E-state index in [0.29, 0.717) is 34.4 Å². The number of halogens is 2. The Hall–Kier alpha value is -3.35. The van der Waals surface area contributed by atoms with Crippen LogP contribution in [0.1, 0.15) is 41.8 Å². The van der Waals surface area contributed by atoms with E-state index in [2.05, 4.69) is 15.8 Å². The van der Waals surface area contributed by atoms with Crippen LogP contribution in [0.4, 0.5) is 0 Å². The third kappa shape index (κ3) is 8.74. The van der Waals surface area contributed by atoms with Crippen molar-refractivity contribution in [2.75, 3.05) is 0 Å². The van der Waals surface area contributed by atoms with E-state index >= 15 is 0 Å². The van der Waals surface area contributed by atoms with E-state index in [1.807, 2.05) is 62.4 Å². The predicted molar refractivity (Wildman–Crippen MR) is 140 cm³/mol. The van der Waals surface area contributed by atoms with E-state index in [0.717, 1.165) is 11.1 Å². The van der Waals surface area contributed by atoms with Gasteiger partial charge in [-0.2, -0.15) is 5.10 Å². The third-order valence-corrected chi connectivity index (χ3v) is 5.53. The summed E-state index contributed by atoms with van der Waals surface area (Å²) >= 11 is 11.8. The van der Waals surface area contributed by atoms with Crippen LogP contribution >= 0.6 is 23.2 Å². The van der Waals surface area contributed by atoms with Gasteiger partial charge in [-0.1, -0.05) is 49.2 Å². The second-order valence-electron chi connectivity index (χ2n) is 8.38. The van der Waals surface area contributed by atoms with Crippen molar-refractivity contribution in [3.63, 3.8) is 0 Å². The normalized spacial score (nSPS) is 11.9. The van der Waals surface area contributed by atoms with Crippen molar-refractivity contribution in [2.24, 2.45) is 11.0 Å². The molecule has 0 radical (unpaired) electrons. The molecule has 2 N–H and O–H groups in total. The van der Waals surface area contributed by atoms with Gasteiger partial charge in [0, 0.05) is 15.6 Å². The van der Waals surface area contributed by atoms with E-state index in [1.54, 1.807) is 24.3 Å². The molecule has 0 saturated heterocycles. The minimum Gasteiger partial charge on any atom is -0.489 e. The molecule has 1 atom stereocenters. The number of ether oxygens (including phenoxy) is 1. The highest BCUT2D eigenvalue weighted by molar-refractivity contribution is 6.30. The molecule has 3 aromatic rings. The number of rotatable bonds is 10. The summed E-state index contributed by atoms with van der Waals surface area (Å²) in [6.45, 7) is 4.39. The van der Waals surface area contributed by atoms with Crippen molar-refractivity contribution < 1.29 is 14.3 Å². The van der Waals surface area contributed by atoms with Crippen molar-refractivity contribution in [1.29, 1.82) is 0 Å². The van der Waals surface area contributed by atoms with Crippen LogP contribution in [-0.2, 0) is 11.4 Å². The van der Waals surface area contributed by atoms with Gasteiger partial charge in [0.05, 0.1) is 6.21 Å². The maximum atomic E-state index is 12.7. The number of amides is 2. The van der Waals surface area contributed by atoms with E-state index in [1.165, 1.54) is 6.21 Å². The van der Waals surface area contributed by atoms with Crippen molar-refractivity contribution in [1.82, 2.24) is 10.7 Å². The highest BCUT2D eigenvalue weighted by Crippen LogP contribution is 2.15. The zero-order valence-corrected chi connectivity index (χ0v) is 21.0. The molecule has 0 fully saturated rings. The van der Waals surface area contributed by atoms with Gasteiger partial charge in [-0.05, 0) is 84.1 Å². The Morgan fingerprint density at radius 1 is 0.914 bits per heavy atom. The zero-order valence-electron chi connectivity index (χ0n) is 19.5. The number of nitrogens with zero attached hydrogens (tertiary/aromatic N) is 1. The van der Waals surface area contributed by atoms with Crippen LogP contribution in [0.15, 0.2) is 77.9 Å². The first-order chi connectivity index (χ1) is 16.8. The molecule has 0 aromatic heterocycles. The lowest BCUT2D eigenvalue weighted by molar-refractivity contribution is -0.123. The van der Waals surface area contributed by atoms with Crippen molar-refractivity contribution in [3.8, 4) is 5.75 Å². The summed E-state index contributed by atoms with van der Waals surface area (Å²) in [6, 6.07) is 20.6. The van der Waals surface area contributed by atoms with E-state index in [4.69, 9.17) is 27.9 Å². The predicted octanol–water partition coefficient (Wildman–Crippen LogP) is 5.87. The lowest BCUT2D eigenvalue weighted by Gasteiger charge is -2.19. The molecular weight excluding hydrogens is 485 g/mol. The van der Waals surface area contributed by atoms with Crippen LogP contribution in [0.5, 0.6) is 5.75 Å². The van der Waals surface area contributed by atoms with Crippen LogP contribution in [0, 0.1) is 5.92 Å². The molecule has 6 nitrogen and oxygen atoms in total. The molecule has 1 unspecified atom stereocenters. The maximum absolute atomic E-state index is 12.7. The van der Waals surface area contributed by atoms with Gasteiger partial charge in [-0.25, -0.2) is 5.43 Å². The SMILES string of the molecule is CC(C)CC(NC(=O)c1ccc(Cl)cc1)C(=O)N/N=C/c1ccc(OCc2ccc(Cl)cc2)cc1. The van der Waals surface area contributed by atoms with Gasteiger partial charge in [-0.15, -0.1) is 0 Å². The molecule has 0 spiro atoms. The Labute approximate surface area is 215 Å². The largest absolute Gasteiger partial charge is 0.489 e. The third-order valence-electron chi connectivity index (χ3n) is 5.02. The molecule has 35 heavy (non-hydrogen) atoms. The fourth-order valence-corrected chi connectivity index (χ4v) is 3.44. The molecule has 3 rings (SSSR count). The Morgan fingerprint density at radius 2 is 1.51 bits per heavy atom. The molecular formula is C27H27Cl2N3O3. The smallest absolute Gasteiger partial charge is 0.262 e. The number of carbonyl (C=O) groups excluding carboxylic acids is 2. The highest BCUT2D eigenvalue weighted by atomic mass is 35.5. The number of hydrazone groups is 1. The summed E-state index contributed by atoms with van der Waals surface area (Å²) in [6.07, 6.45) is 2.01. The Kier molecular flexibility index (Phi) is 9.70. The number of nitrogens with one attached hydrogen (secondary N) is 2. The highest BCUT2D eigenvalue weighted by Gasteiger charge is 2.22. The lowest BCUT2D eigenvalue weighted by atomic mass is 10.0. The maximum Gasteiger partial charge on any atom is 0.262 e. The van der Waals surface area contributed by atoms with Crippen LogP contribution in [0.25, 0.3) is 0 Å². The number of hydrogen-bond acceptors (Lipinski definition) is 4. The van der Waals surface area contributed by atoms with E-state index in [-0.39, 0.29) is 17.7 Å². The second kappa shape index (κ2) is 12.9. The molecule has 3 aromatic carbocycles. The minimum absolute atomic E-state index is 0.195. The molecule has 0 saturated carbocycles. The summed E-state index contributed by atoms with van der Waals surface area (Å²) in [7, 11) is 0. The summed E-state index contributed by atoms with van der Waals surface area (Å²) < 4.78 is 5.77. The summed E-state index contributed by atoms with van der Waals surface area (Å²) in [5.74, 6) is 0.171. The number of hydrogen-bond donors (Lipinski definition) is 2. The van der Waals surface area contributed by atoms with Crippen LogP contribution in [0.2, 0.25) is 10.0 Å². The molecule has 0 heterocycles. The van der Waals surface area contributed by atoms with Crippen molar-refractivity contribution in [2.45, 2.75) is 32.9 Å². The molecule has 0 aliphatic carbocycles. The fraction of sp³-hybridized carbons (Fsp3) is 0.222. The zero-order chi connectivity index (χ0) is 25.2. The molecule has 8 heteroatoms. The van der Waals surface area contributed by atoms with Crippen LogP contribution in [-0.4, -0.2) is 24.1 Å². The summed E-state index contributed by atoms with van der Waals surface area (Å²) in [4.78, 5) is 25.2. The van der Waals surface area contributed by atoms with E-state index < -0.39 is 6.04 Å². The standard InChI is InChI=1S/C27H27Cl2N3O3/c1-18(2)15-25(31-26(33)21-7-11-23(29)12-8-21)27(34)32-30-16-19-5-13-24(14-6-19)35-17-20-3-9-22(28)10-4-20/h3-14,16,18,25H,15,17H2,1-2H3,(H,31,33)(H,32,34)/b30-16+.